The second-order valence-electron chi connectivity index (χ2n) is 5.52. The zero-order valence-corrected chi connectivity index (χ0v) is 11.7. The minimum Gasteiger partial charge on any atom is -0.292 e. The summed E-state index contributed by atoms with van der Waals surface area (Å²) in [5, 5.41) is 4.32. The van der Waals surface area contributed by atoms with Crippen LogP contribution in [-0.4, -0.2) is 15.6 Å². The summed E-state index contributed by atoms with van der Waals surface area (Å²) in [6, 6.07) is 11.7. The van der Waals surface area contributed by atoms with Crippen molar-refractivity contribution in [1.82, 2.24) is 9.78 Å². The minimum absolute atomic E-state index is 0.177. The van der Waals surface area contributed by atoms with E-state index in [9.17, 15) is 4.79 Å². The van der Waals surface area contributed by atoms with Gasteiger partial charge in [0.1, 0.15) is 5.69 Å². The van der Waals surface area contributed by atoms with Gasteiger partial charge in [0, 0.05) is 5.92 Å². The molecule has 0 spiro atoms. The van der Waals surface area contributed by atoms with E-state index in [4.69, 9.17) is 0 Å². The zero-order valence-electron chi connectivity index (χ0n) is 11.7. The molecule has 1 heterocycles. The molecule has 1 aliphatic carbocycles. The zero-order chi connectivity index (χ0) is 13.8. The van der Waals surface area contributed by atoms with Gasteiger partial charge in [-0.3, -0.25) is 4.79 Å². The van der Waals surface area contributed by atoms with Gasteiger partial charge in [-0.2, -0.15) is 5.10 Å². The smallest absolute Gasteiger partial charge is 0.184 e. The van der Waals surface area contributed by atoms with Crippen LogP contribution in [-0.2, 0) is 0 Å². The maximum Gasteiger partial charge on any atom is 0.184 e. The molecule has 0 radical (unpaired) electrons. The number of nitrogens with zero attached hydrogens (tertiary/aromatic N) is 2. The number of Topliss-reactive ketones (excluding diaryl/α,β-unsaturated/α-hetero) is 1. The van der Waals surface area contributed by atoms with Crippen LogP contribution in [0.5, 0.6) is 0 Å². The van der Waals surface area contributed by atoms with Gasteiger partial charge in [0.05, 0.1) is 11.9 Å². The Morgan fingerprint density at radius 3 is 2.40 bits per heavy atom. The van der Waals surface area contributed by atoms with E-state index in [2.05, 4.69) is 5.10 Å². The second kappa shape index (κ2) is 6.04. The Labute approximate surface area is 119 Å². The van der Waals surface area contributed by atoms with Crippen molar-refractivity contribution in [3.8, 4) is 5.69 Å². The highest BCUT2D eigenvalue weighted by Crippen LogP contribution is 2.26. The Morgan fingerprint density at radius 2 is 1.70 bits per heavy atom. The van der Waals surface area contributed by atoms with Crippen molar-refractivity contribution in [2.24, 2.45) is 5.92 Å². The summed E-state index contributed by atoms with van der Waals surface area (Å²) in [6.07, 6.45) is 8.66. The number of carbonyl (C=O) groups is 1. The number of hydrogen-bond acceptors (Lipinski definition) is 2. The monoisotopic (exact) mass is 268 g/mol. The van der Waals surface area contributed by atoms with E-state index in [1.54, 1.807) is 10.9 Å². The van der Waals surface area contributed by atoms with Crippen molar-refractivity contribution >= 4 is 5.78 Å². The Morgan fingerprint density at radius 1 is 1.00 bits per heavy atom. The maximum atomic E-state index is 12.7. The van der Waals surface area contributed by atoms with Crippen LogP contribution in [0, 0.1) is 5.92 Å². The van der Waals surface area contributed by atoms with Crippen LogP contribution in [0.15, 0.2) is 42.6 Å². The Hall–Kier alpha value is -1.90. The molecule has 1 aromatic carbocycles. The standard InChI is InChI=1S/C17H20N2O/c20-17(14-8-4-1-2-5-9-14)16-12-13-18-19(16)15-10-6-3-7-11-15/h3,6-7,10-14H,1-2,4-5,8-9H2. The fraction of sp³-hybridized carbons (Fsp3) is 0.412. The van der Waals surface area contributed by atoms with Crippen molar-refractivity contribution in [3.05, 3.63) is 48.3 Å². The third-order valence-corrected chi connectivity index (χ3v) is 4.12. The van der Waals surface area contributed by atoms with Crippen LogP contribution < -0.4 is 0 Å². The Bertz CT molecular complexity index is 566. The lowest BCUT2D eigenvalue weighted by atomic mass is 9.93. The molecule has 0 amide bonds. The highest BCUT2D eigenvalue weighted by Gasteiger charge is 2.24. The van der Waals surface area contributed by atoms with Gasteiger partial charge in [0.15, 0.2) is 5.78 Å². The molecule has 1 aromatic heterocycles. The summed E-state index contributed by atoms with van der Waals surface area (Å²) < 4.78 is 1.77. The Kier molecular flexibility index (Phi) is 3.95. The highest BCUT2D eigenvalue weighted by atomic mass is 16.1. The van der Waals surface area contributed by atoms with Crippen LogP contribution in [0.4, 0.5) is 0 Å². The molecule has 0 aliphatic heterocycles. The fourth-order valence-electron chi connectivity index (χ4n) is 3.02. The lowest BCUT2D eigenvalue weighted by Gasteiger charge is -2.14. The molecule has 104 valence electrons. The van der Waals surface area contributed by atoms with E-state index < -0.39 is 0 Å². The molecule has 0 atom stereocenters. The molecule has 3 heteroatoms. The van der Waals surface area contributed by atoms with Gasteiger partial charge in [-0.25, -0.2) is 4.68 Å². The second-order valence-corrected chi connectivity index (χ2v) is 5.52. The summed E-state index contributed by atoms with van der Waals surface area (Å²) in [5.41, 5.74) is 1.68. The number of carbonyl (C=O) groups excluding carboxylic acids is 1. The molecule has 3 nitrogen and oxygen atoms in total. The van der Waals surface area contributed by atoms with Gasteiger partial charge in [-0.15, -0.1) is 0 Å². The number of para-hydroxylation sites is 1. The third-order valence-electron chi connectivity index (χ3n) is 4.12. The molecule has 20 heavy (non-hydrogen) atoms. The van der Waals surface area contributed by atoms with E-state index in [1.807, 2.05) is 36.4 Å². The summed E-state index contributed by atoms with van der Waals surface area (Å²) in [7, 11) is 0. The van der Waals surface area contributed by atoms with Crippen LogP contribution in [0.25, 0.3) is 5.69 Å². The van der Waals surface area contributed by atoms with Crippen molar-refractivity contribution in [2.75, 3.05) is 0 Å². The minimum atomic E-state index is 0.177. The molecule has 3 rings (SSSR count). The number of ketones is 1. The molecule has 1 aliphatic rings. The first kappa shape index (κ1) is 13.1. The number of benzene rings is 1. The van der Waals surface area contributed by atoms with Crippen LogP contribution in [0.3, 0.4) is 0 Å². The molecule has 0 bridgehead atoms. The van der Waals surface area contributed by atoms with Crippen LogP contribution in [0.1, 0.15) is 49.0 Å². The van der Waals surface area contributed by atoms with Gasteiger partial charge >= 0.3 is 0 Å². The molecular weight excluding hydrogens is 248 g/mol. The first-order valence-electron chi connectivity index (χ1n) is 7.50. The summed E-state index contributed by atoms with van der Waals surface area (Å²) in [6.45, 7) is 0. The maximum absolute atomic E-state index is 12.7. The summed E-state index contributed by atoms with van der Waals surface area (Å²) in [4.78, 5) is 12.7. The van der Waals surface area contributed by atoms with Crippen molar-refractivity contribution < 1.29 is 4.79 Å². The normalized spacial score (nSPS) is 16.8. The van der Waals surface area contributed by atoms with Crippen molar-refractivity contribution in [2.45, 2.75) is 38.5 Å². The van der Waals surface area contributed by atoms with Gasteiger partial charge in [-0.1, -0.05) is 43.9 Å². The number of rotatable bonds is 3. The van der Waals surface area contributed by atoms with Crippen LogP contribution in [0.2, 0.25) is 0 Å². The predicted molar refractivity (Wildman–Crippen MR) is 79.1 cm³/mol. The average Bonchev–Trinajstić information content (AvgIpc) is 2.82. The van der Waals surface area contributed by atoms with Gasteiger partial charge in [0.25, 0.3) is 0 Å². The van der Waals surface area contributed by atoms with E-state index in [1.165, 1.54) is 25.7 Å². The van der Waals surface area contributed by atoms with Crippen LogP contribution >= 0.6 is 0 Å². The number of hydrogen-bond donors (Lipinski definition) is 0. The first-order valence-corrected chi connectivity index (χ1v) is 7.50. The lowest BCUT2D eigenvalue weighted by Crippen LogP contribution is -2.18. The summed E-state index contributed by atoms with van der Waals surface area (Å²) in [5.74, 6) is 0.435. The van der Waals surface area contributed by atoms with Gasteiger partial charge in [0.2, 0.25) is 0 Å². The summed E-state index contributed by atoms with van der Waals surface area (Å²) >= 11 is 0. The van der Waals surface area contributed by atoms with E-state index in [-0.39, 0.29) is 11.7 Å². The molecule has 0 unspecified atom stereocenters. The van der Waals surface area contributed by atoms with Crippen molar-refractivity contribution in [1.29, 1.82) is 0 Å². The quantitative estimate of drug-likeness (QED) is 0.622. The molecule has 1 saturated carbocycles. The van der Waals surface area contributed by atoms with E-state index in [0.717, 1.165) is 24.2 Å². The first-order chi connectivity index (χ1) is 9.86. The topological polar surface area (TPSA) is 34.9 Å². The van der Waals surface area contributed by atoms with Crippen molar-refractivity contribution in [3.63, 3.8) is 0 Å². The van der Waals surface area contributed by atoms with Gasteiger partial charge in [-0.05, 0) is 31.0 Å². The molecule has 1 fully saturated rings. The SMILES string of the molecule is O=C(c1ccnn1-c1ccccc1)C1CCCCCC1. The molecule has 0 saturated heterocycles. The lowest BCUT2D eigenvalue weighted by molar-refractivity contribution is 0.0900. The average molecular weight is 268 g/mol. The Balaban J connectivity index is 1.87. The predicted octanol–water partition coefficient (Wildman–Crippen LogP) is 4.03. The van der Waals surface area contributed by atoms with Gasteiger partial charge < -0.3 is 0 Å². The third kappa shape index (κ3) is 2.67. The molecular formula is C17H20N2O. The van der Waals surface area contributed by atoms with E-state index in [0.29, 0.717) is 0 Å². The largest absolute Gasteiger partial charge is 0.292 e. The van der Waals surface area contributed by atoms with E-state index >= 15 is 0 Å². The molecule has 0 N–H and O–H groups in total. The number of aromatic nitrogens is 2. The highest BCUT2D eigenvalue weighted by molar-refractivity contribution is 5.96. The molecule has 2 aromatic rings. The fourth-order valence-corrected chi connectivity index (χ4v) is 3.02.